The van der Waals surface area contributed by atoms with Gasteiger partial charge in [-0.1, -0.05) is 12.8 Å². The van der Waals surface area contributed by atoms with E-state index in [-0.39, 0.29) is 17.5 Å². The summed E-state index contributed by atoms with van der Waals surface area (Å²) in [6.45, 7) is 7.34. The molecule has 3 rings (SSSR count). The van der Waals surface area contributed by atoms with Gasteiger partial charge in [-0.25, -0.2) is 14.8 Å². The number of hydrogen-bond donors (Lipinski definition) is 0. The zero-order chi connectivity index (χ0) is 18.1. The van der Waals surface area contributed by atoms with Crippen LogP contribution in [0.1, 0.15) is 56.8 Å². The number of aromatic nitrogens is 2. The van der Waals surface area contributed by atoms with E-state index in [1.54, 1.807) is 17.3 Å². The summed E-state index contributed by atoms with van der Waals surface area (Å²) in [4.78, 5) is 36.8. The number of nitrogens with zero attached hydrogens (tertiary/aromatic N) is 4. The van der Waals surface area contributed by atoms with Gasteiger partial charge in [-0.05, 0) is 33.6 Å². The Labute approximate surface area is 148 Å². The van der Waals surface area contributed by atoms with Crippen molar-refractivity contribution < 1.29 is 14.3 Å². The molecule has 0 bridgehead atoms. The van der Waals surface area contributed by atoms with Gasteiger partial charge in [0, 0.05) is 32.0 Å². The fourth-order valence-corrected chi connectivity index (χ4v) is 3.60. The van der Waals surface area contributed by atoms with Crippen LogP contribution >= 0.6 is 0 Å². The van der Waals surface area contributed by atoms with Crippen molar-refractivity contribution in [2.75, 3.05) is 19.6 Å². The summed E-state index contributed by atoms with van der Waals surface area (Å²) < 4.78 is 5.45. The van der Waals surface area contributed by atoms with Crippen LogP contribution in [0, 0.1) is 0 Å². The average Bonchev–Trinajstić information content (AvgIpc) is 2.74. The first-order chi connectivity index (χ1) is 11.8. The van der Waals surface area contributed by atoms with Crippen molar-refractivity contribution in [3.63, 3.8) is 0 Å². The fourth-order valence-electron chi connectivity index (χ4n) is 3.60. The second-order valence-electron chi connectivity index (χ2n) is 7.96. The molecule has 7 nitrogen and oxygen atoms in total. The number of carbonyl (C=O) groups is 2. The highest BCUT2D eigenvalue weighted by Crippen LogP contribution is 2.37. The molecule has 0 saturated carbocycles. The van der Waals surface area contributed by atoms with Gasteiger partial charge < -0.3 is 14.5 Å². The summed E-state index contributed by atoms with van der Waals surface area (Å²) in [5.41, 5.74) is -0.306. The van der Waals surface area contributed by atoms with Crippen molar-refractivity contribution in [2.45, 2.75) is 57.6 Å². The van der Waals surface area contributed by atoms with Crippen molar-refractivity contribution in [3.8, 4) is 0 Å². The molecule has 0 aromatic carbocycles. The molecule has 0 aliphatic carbocycles. The number of hydrogen-bond acceptors (Lipinski definition) is 5. The van der Waals surface area contributed by atoms with Crippen molar-refractivity contribution in [1.82, 2.24) is 19.8 Å². The van der Waals surface area contributed by atoms with Gasteiger partial charge in [-0.15, -0.1) is 0 Å². The van der Waals surface area contributed by atoms with Crippen LogP contribution in [-0.4, -0.2) is 62.5 Å². The van der Waals surface area contributed by atoms with E-state index in [9.17, 15) is 9.59 Å². The Morgan fingerprint density at radius 3 is 2.44 bits per heavy atom. The van der Waals surface area contributed by atoms with E-state index in [0.29, 0.717) is 25.2 Å². The van der Waals surface area contributed by atoms with Gasteiger partial charge in [0.1, 0.15) is 11.9 Å². The van der Waals surface area contributed by atoms with Crippen LogP contribution in [-0.2, 0) is 4.74 Å². The maximum absolute atomic E-state index is 13.0. The number of likely N-dealkylation sites (tertiary alicyclic amines) is 2. The lowest BCUT2D eigenvalue weighted by atomic mass is 9.83. The third-order valence-electron chi connectivity index (χ3n) is 4.77. The fraction of sp³-hybridized carbons (Fsp3) is 0.667. The van der Waals surface area contributed by atoms with E-state index in [4.69, 9.17) is 4.74 Å². The molecule has 3 heterocycles. The predicted molar refractivity (Wildman–Crippen MR) is 92.1 cm³/mol. The number of rotatable bonds is 1. The lowest BCUT2D eigenvalue weighted by Gasteiger charge is -2.55. The van der Waals surface area contributed by atoms with Crippen LogP contribution in [0.3, 0.4) is 0 Å². The minimum absolute atomic E-state index is 0.0497. The highest BCUT2D eigenvalue weighted by atomic mass is 16.6. The van der Waals surface area contributed by atoms with Crippen LogP contribution in [0.5, 0.6) is 0 Å². The molecule has 0 unspecified atom stereocenters. The lowest BCUT2D eigenvalue weighted by Crippen LogP contribution is -2.72. The van der Waals surface area contributed by atoms with Crippen molar-refractivity contribution in [2.24, 2.45) is 0 Å². The van der Waals surface area contributed by atoms with Gasteiger partial charge >= 0.3 is 6.09 Å². The van der Waals surface area contributed by atoms with Gasteiger partial charge in [0.05, 0.1) is 11.1 Å². The summed E-state index contributed by atoms with van der Waals surface area (Å²) in [6.07, 6.45) is 8.27. The second kappa shape index (κ2) is 6.61. The monoisotopic (exact) mass is 346 g/mol. The molecular formula is C18H26N4O3. The summed E-state index contributed by atoms with van der Waals surface area (Å²) >= 11 is 0. The summed E-state index contributed by atoms with van der Waals surface area (Å²) in [7, 11) is 0. The maximum atomic E-state index is 13.0. The normalized spacial score (nSPS) is 20.0. The average molecular weight is 346 g/mol. The first kappa shape index (κ1) is 17.6. The summed E-state index contributed by atoms with van der Waals surface area (Å²) in [5.74, 6) is -0.0497. The Morgan fingerprint density at radius 2 is 1.80 bits per heavy atom. The molecule has 0 radical (unpaired) electrons. The van der Waals surface area contributed by atoms with E-state index in [1.165, 1.54) is 6.33 Å². The van der Waals surface area contributed by atoms with E-state index in [0.717, 1.165) is 25.7 Å². The molecule has 0 atom stereocenters. The first-order valence-electron chi connectivity index (χ1n) is 8.86. The Hall–Kier alpha value is -2.18. The highest BCUT2D eigenvalue weighted by Gasteiger charge is 2.52. The molecule has 2 fully saturated rings. The summed E-state index contributed by atoms with van der Waals surface area (Å²) in [6, 6.07) is 0. The summed E-state index contributed by atoms with van der Waals surface area (Å²) in [5, 5.41) is 0. The third kappa shape index (κ3) is 3.75. The Balaban J connectivity index is 1.74. The first-order valence-corrected chi connectivity index (χ1v) is 8.86. The molecule has 2 aliphatic heterocycles. The van der Waals surface area contributed by atoms with Gasteiger partial charge in [0.2, 0.25) is 0 Å². The van der Waals surface area contributed by atoms with Crippen LogP contribution in [0.2, 0.25) is 0 Å². The lowest BCUT2D eigenvalue weighted by molar-refractivity contribution is -0.0548. The van der Waals surface area contributed by atoms with E-state index in [2.05, 4.69) is 9.97 Å². The minimum Gasteiger partial charge on any atom is -0.444 e. The molecule has 0 N–H and O–H groups in total. The maximum Gasteiger partial charge on any atom is 0.410 e. The van der Waals surface area contributed by atoms with Crippen molar-refractivity contribution in [1.29, 1.82) is 0 Å². The van der Waals surface area contributed by atoms with Gasteiger partial charge in [-0.3, -0.25) is 4.79 Å². The van der Waals surface area contributed by atoms with Crippen LogP contribution < -0.4 is 0 Å². The molecule has 1 spiro atoms. The molecule has 1 aromatic rings. The Kier molecular flexibility index (Phi) is 4.67. The number of amides is 2. The molecule has 136 valence electrons. The van der Waals surface area contributed by atoms with Crippen molar-refractivity contribution in [3.05, 3.63) is 24.3 Å². The van der Waals surface area contributed by atoms with Gasteiger partial charge in [-0.2, -0.15) is 0 Å². The molecule has 2 amide bonds. The van der Waals surface area contributed by atoms with Crippen molar-refractivity contribution >= 4 is 12.0 Å². The number of carbonyl (C=O) groups excluding carboxylic acids is 2. The topological polar surface area (TPSA) is 75.6 Å². The molecule has 2 saturated heterocycles. The Bertz CT molecular complexity index is 635. The zero-order valence-electron chi connectivity index (χ0n) is 15.2. The largest absolute Gasteiger partial charge is 0.444 e. The van der Waals surface area contributed by atoms with Crippen LogP contribution in [0.4, 0.5) is 4.79 Å². The van der Waals surface area contributed by atoms with E-state index in [1.807, 2.05) is 25.7 Å². The van der Waals surface area contributed by atoms with Gasteiger partial charge in [0.25, 0.3) is 5.91 Å². The van der Waals surface area contributed by atoms with E-state index < -0.39 is 5.60 Å². The molecule has 7 heteroatoms. The smallest absolute Gasteiger partial charge is 0.410 e. The van der Waals surface area contributed by atoms with E-state index >= 15 is 0 Å². The SMILES string of the molecule is CC(C)(C)OC(=O)N1CC2(CCCCCN2C(=O)c2cncnc2)C1. The second-order valence-corrected chi connectivity index (χ2v) is 7.96. The van der Waals surface area contributed by atoms with Crippen LogP contribution in [0.15, 0.2) is 18.7 Å². The van der Waals surface area contributed by atoms with Crippen LogP contribution in [0.25, 0.3) is 0 Å². The molecule has 25 heavy (non-hydrogen) atoms. The predicted octanol–water partition coefficient (Wildman–Crippen LogP) is 2.48. The third-order valence-corrected chi connectivity index (χ3v) is 4.77. The number of ether oxygens (including phenoxy) is 1. The molecule has 2 aliphatic rings. The van der Waals surface area contributed by atoms with Gasteiger partial charge in [0.15, 0.2) is 0 Å². The minimum atomic E-state index is -0.514. The quantitative estimate of drug-likeness (QED) is 0.781. The molecule has 1 aromatic heterocycles. The Morgan fingerprint density at radius 1 is 1.12 bits per heavy atom. The molecular weight excluding hydrogens is 320 g/mol. The zero-order valence-corrected chi connectivity index (χ0v) is 15.2. The standard InChI is InChI=1S/C18H26N4O3/c1-17(2,3)25-16(24)21-11-18(12-21)7-5-4-6-8-22(18)15(23)14-9-19-13-20-10-14/h9-10,13H,4-8,11-12H2,1-3H3. The highest BCUT2D eigenvalue weighted by molar-refractivity contribution is 5.94.